The van der Waals surface area contributed by atoms with Crippen molar-refractivity contribution in [1.82, 2.24) is 39.8 Å². The van der Waals surface area contributed by atoms with Gasteiger partial charge in [0.05, 0.1) is 38.5 Å². The van der Waals surface area contributed by atoms with E-state index >= 15 is 0 Å². The Balaban J connectivity index is 0.787. The molecule has 368 valence electrons. The highest BCUT2D eigenvalue weighted by Crippen LogP contribution is 2.57. The maximum Gasteiger partial charge on any atom is 0.318 e. The number of rotatable bonds is 12. The first-order valence-corrected chi connectivity index (χ1v) is 26.0. The lowest BCUT2D eigenvalue weighted by molar-refractivity contribution is -0.144. The van der Waals surface area contributed by atoms with Gasteiger partial charge in [-0.3, -0.25) is 24.3 Å². The van der Waals surface area contributed by atoms with E-state index in [-0.39, 0.29) is 60.0 Å². The number of aliphatic imine (C=N–C) groups is 1. The topological polar surface area (TPSA) is 159 Å². The normalized spacial score (nSPS) is 26.5. The van der Waals surface area contributed by atoms with Gasteiger partial charge in [-0.1, -0.05) is 33.8 Å². The number of likely N-dealkylation sites (tertiary alicyclic amines) is 2. The van der Waals surface area contributed by atoms with Crippen LogP contribution in [0.2, 0.25) is 0 Å². The molecule has 0 radical (unpaired) electrons. The Labute approximate surface area is 402 Å². The zero-order valence-corrected chi connectivity index (χ0v) is 41.1. The number of ether oxygens (including phenoxy) is 2. The minimum atomic E-state index is -0.607. The molecule has 0 aliphatic carbocycles. The molecule has 6 atom stereocenters. The van der Waals surface area contributed by atoms with Gasteiger partial charge in [0, 0.05) is 119 Å². The van der Waals surface area contributed by atoms with Crippen molar-refractivity contribution in [2.24, 2.45) is 22.7 Å². The van der Waals surface area contributed by atoms with Crippen LogP contribution >= 0.6 is 0 Å². The zero-order chi connectivity index (χ0) is 47.2. The Morgan fingerprint density at radius 3 is 2.06 bits per heavy atom. The van der Waals surface area contributed by atoms with Crippen molar-refractivity contribution in [3.63, 3.8) is 0 Å². The predicted octanol–water partition coefficient (Wildman–Crippen LogP) is 6.04. The van der Waals surface area contributed by atoms with Crippen LogP contribution < -0.4 is 10.2 Å². The Bertz CT molecular complexity index is 2270. The molecule has 6 saturated heterocycles. The van der Waals surface area contributed by atoms with Crippen molar-refractivity contribution >= 4 is 40.7 Å². The number of aromatic nitrogens is 2. The molecule has 68 heavy (non-hydrogen) atoms. The molecule has 2 bridgehead atoms. The van der Waals surface area contributed by atoms with Crippen LogP contribution in [0.3, 0.4) is 0 Å². The summed E-state index contributed by atoms with van der Waals surface area (Å²) in [6.45, 7) is 15.8. The van der Waals surface area contributed by atoms with Gasteiger partial charge in [-0.2, -0.15) is 0 Å². The van der Waals surface area contributed by atoms with Crippen molar-refractivity contribution in [2.75, 3.05) is 90.7 Å². The maximum atomic E-state index is 14.3. The van der Waals surface area contributed by atoms with Crippen LogP contribution in [0.15, 0.2) is 29.5 Å². The second-order valence-electron chi connectivity index (χ2n) is 21.4. The summed E-state index contributed by atoms with van der Waals surface area (Å²) in [4.78, 5) is 81.3. The number of piperidine rings is 1. The van der Waals surface area contributed by atoms with Gasteiger partial charge in [0.1, 0.15) is 11.9 Å². The van der Waals surface area contributed by atoms with Crippen LogP contribution in [0, 0.1) is 17.8 Å². The van der Waals surface area contributed by atoms with E-state index in [9.17, 15) is 19.2 Å². The number of nitrogens with zero attached hydrogens (tertiary/aromatic N) is 8. The first kappa shape index (κ1) is 46.9. The number of imidazole rings is 1. The molecule has 16 nitrogen and oxygen atoms in total. The molecule has 10 rings (SSSR count). The van der Waals surface area contributed by atoms with E-state index in [1.54, 1.807) is 4.90 Å². The smallest absolute Gasteiger partial charge is 0.318 e. The summed E-state index contributed by atoms with van der Waals surface area (Å²) >= 11 is 0. The fourth-order valence-corrected chi connectivity index (χ4v) is 12.8. The van der Waals surface area contributed by atoms with Crippen LogP contribution in [0.5, 0.6) is 0 Å². The number of benzene rings is 1. The SMILES string of the molecule is CC(C)[C@H](CC(=O)N1CCOCC1)C(=O)N1CCC[C@H]1C1=NC=C(c2ccc(N3CCC(c4cnc([C@@H]5CCCN5C(=O)[C@@H](NC(=O)N5CCOCC5)C(C)C)[nH]4)CC3)c3c2C2CCC3N2C)C1. The van der Waals surface area contributed by atoms with Gasteiger partial charge < -0.3 is 44.3 Å². The summed E-state index contributed by atoms with van der Waals surface area (Å²) in [6, 6.07) is 4.53. The number of morpholine rings is 2. The average Bonchev–Trinajstić information content (AvgIpc) is 4.24. The lowest BCUT2D eigenvalue weighted by atomic mass is 9.83. The predicted molar refractivity (Wildman–Crippen MR) is 260 cm³/mol. The van der Waals surface area contributed by atoms with E-state index in [0.29, 0.717) is 83.7 Å². The van der Waals surface area contributed by atoms with E-state index in [1.165, 1.54) is 34.4 Å². The molecular weight excluding hydrogens is 861 g/mol. The zero-order valence-electron chi connectivity index (χ0n) is 41.1. The van der Waals surface area contributed by atoms with Gasteiger partial charge in [-0.25, -0.2) is 9.78 Å². The van der Waals surface area contributed by atoms with Crippen molar-refractivity contribution in [2.45, 2.75) is 128 Å². The van der Waals surface area contributed by atoms with Crippen molar-refractivity contribution < 1.29 is 28.7 Å². The second kappa shape index (κ2) is 19.9. The van der Waals surface area contributed by atoms with Gasteiger partial charge in [0.2, 0.25) is 17.7 Å². The second-order valence-corrected chi connectivity index (χ2v) is 21.4. The molecule has 6 fully saturated rings. The minimum absolute atomic E-state index is 0.0356. The van der Waals surface area contributed by atoms with Crippen LogP contribution in [-0.4, -0.2) is 162 Å². The number of fused-ring (bicyclic) bond motifs is 5. The number of H-pyrrole nitrogens is 1. The third kappa shape index (κ3) is 8.98. The number of carbonyl (C=O) groups excluding carboxylic acids is 4. The number of carbonyl (C=O) groups is 4. The Morgan fingerprint density at radius 2 is 1.38 bits per heavy atom. The van der Waals surface area contributed by atoms with E-state index in [4.69, 9.17) is 19.5 Å². The molecule has 0 spiro atoms. The third-order valence-corrected chi connectivity index (χ3v) is 16.8. The summed E-state index contributed by atoms with van der Waals surface area (Å²) in [5, 5.41) is 3.06. The molecule has 8 aliphatic heterocycles. The van der Waals surface area contributed by atoms with E-state index < -0.39 is 6.04 Å². The van der Waals surface area contributed by atoms with Crippen LogP contribution in [0.1, 0.15) is 144 Å². The number of amides is 5. The first-order valence-electron chi connectivity index (χ1n) is 26.0. The summed E-state index contributed by atoms with van der Waals surface area (Å²) < 4.78 is 10.9. The summed E-state index contributed by atoms with van der Waals surface area (Å²) in [5.41, 5.74) is 9.11. The molecule has 0 saturated carbocycles. The molecule has 2 unspecified atom stereocenters. The monoisotopic (exact) mass is 935 g/mol. The highest BCUT2D eigenvalue weighted by molar-refractivity contribution is 6.04. The van der Waals surface area contributed by atoms with E-state index in [2.05, 4.69) is 59.3 Å². The summed E-state index contributed by atoms with van der Waals surface area (Å²) in [5.74, 6) is 0.960. The summed E-state index contributed by atoms with van der Waals surface area (Å²) in [7, 11) is 2.30. The van der Waals surface area contributed by atoms with Gasteiger partial charge in [-0.05, 0) is 98.6 Å². The number of hydrogen-bond donors (Lipinski definition) is 2. The van der Waals surface area contributed by atoms with Gasteiger partial charge in [-0.15, -0.1) is 0 Å². The largest absolute Gasteiger partial charge is 0.378 e. The highest BCUT2D eigenvalue weighted by atomic mass is 16.5. The van der Waals surface area contributed by atoms with Gasteiger partial charge >= 0.3 is 6.03 Å². The van der Waals surface area contributed by atoms with E-state index in [0.717, 1.165) is 81.7 Å². The molecule has 1 aromatic carbocycles. The molecule has 1 aromatic heterocycles. The van der Waals surface area contributed by atoms with Gasteiger partial charge in [0.25, 0.3) is 0 Å². The minimum Gasteiger partial charge on any atom is -0.378 e. The number of urea groups is 1. The number of aromatic amines is 1. The average molecular weight is 935 g/mol. The van der Waals surface area contributed by atoms with Crippen LogP contribution in [0.4, 0.5) is 10.5 Å². The summed E-state index contributed by atoms with van der Waals surface area (Å²) in [6.07, 6.45) is 13.0. The number of anilines is 1. The van der Waals surface area contributed by atoms with Crippen LogP contribution in [-0.2, 0) is 23.9 Å². The molecular formula is C52H74N10O6. The third-order valence-electron chi connectivity index (χ3n) is 16.8. The quantitative estimate of drug-likeness (QED) is 0.259. The van der Waals surface area contributed by atoms with Gasteiger partial charge in [0.15, 0.2) is 0 Å². The molecule has 8 aliphatic rings. The van der Waals surface area contributed by atoms with E-state index in [1.807, 2.05) is 34.7 Å². The number of nitrogens with one attached hydrogen (secondary N) is 2. The fourth-order valence-electron chi connectivity index (χ4n) is 12.8. The fraction of sp³-hybridized carbons (Fsp3) is 0.692. The Hall–Kier alpha value is -4.80. The van der Waals surface area contributed by atoms with Crippen molar-refractivity contribution in [3.8, 4) is 0 Å². The Kier molecular flexibility index (Phi) is 13.7. The number of hydrogen-bond acceptors (Lipinski definition) is 10. The highest BCUT2D eigenvalue weighted by Gasteiger charge is 2.47. The maximum absolute atomic E-state index is 14.3. The number of allylic oxidation sites excluding steroid dienone is 1. The first-order chi connectivity index (χ1) is 33.0. The molecule has 16 heteroatoms. The lowest BCUT2D eigenvalue weighted by Gasteiger charge is -2.36. The molecule has 2 aromatic rings. The molecule has 9 heterocycles. The molecule has 5 amide bonds. The Morgan fingerprint density at radius 1 is 0.735 bits per heavy atom. The van der Waals surface area contributed by atoms with Crippen molar-refractivity contribution in [3.05, 3.63) is 52.7 Å². The van der Waals surface area contributed by atoms with Crippen molar-refractivity contribution in [1.29, 1.82) is 0 Å². The van der Waals surface area contributed by atoms with Crippen LogP contribution in [0.25, 0.3) is 5.57 Å². The molecule has 2 N–H and O–H groups in total. The lowest BCUT2D eigenvalue weighted by Crippen LogP contribution is -2.55. The standard InChI is InChI=1S/C52H74N10O6/c1-32(2)37(29-45(63)59-20-24-67-25-21-59)50(64)61-16-6-8-40(61)38-28-35(30-53-38)36-10-11-43(47-42-13-12-41(46(36)47)57(42)5)58-18-14-34(15-19-58)39-31-54-49(55-39)44-9-7-17-62(44)51(65)48(33(3)4)56-52(66)60-22-26-68-27-23-60/h10-11,30-34,37,40-42,44,48H,6-9,12-29H2,1-5H3,(H,54,55)(H,56,66)/t37-,40-,41?,42?,44-,48-/m0/s1.